The van der Waals surface area contributed by atoms with E-state index in [0.717, 1.165) is 25.7 Å². The summed E-state index contributed by atoms with van der Waals surface area (Å²) in [6.07, 6.45) is 8.19. The van der Waals surface area contributed by atoms with E-state index in [0.29, 0.717) is 23.7 Å². The summed E-state index contributed by atoms with van der Waals surface area (Å²) in [5.74, 6) is 0.939. The van der Waals surface area contributed by atoms with Crippen LogP contribution in [0.15, 0.2) is 0 Å². The third-order valence-electron chi connectivity index (χ3n) is 7.81. The van der Waals surface area contributed by atoms with E-state index in [-0.39, 0.29) is 23.3 Å². The van der Waals surface area contributed by atoms with Gasteiger partial charge in [0.15, 0.2) is 0 Å². The molecule has 4 nitrogen and oxygen atoms in total. The lowest BCUT2D eigenvalue weighted by Gasteiger charge is -2.62. The molecule has 0 aromatic carbocycles. The molecule has 0 heterocycles. The van der Waals surface area contributed by atoms with Crippen LogP contribution in [0.3, 0.4) is 0 Å². The van der Waals surface area contributed by atoms with Crippen molar-refractivity contribution < 1.29 is 19.1 Å². The number of fused-ring (bicyclic) bond motifs is 1. The smallest absolute Gasteiger partial charge is 0.305 e. The Hall–Kier alpha value is -1.06. The van der Waals surface area contributed by atoms with Gasteiger partial charge in [-0.25, -0.2) is 0 Å². The summed E-state index contributed by atoms with van der Waals surface area (Å²) in [6, 6.07) is 0. The largest absolute Gasteiger partial charge is 0.469 e. The Morgan fingerprint density at radius 2 is 1.78 bits per heavy atom. The number of hydrogen-bond acceptors (Lipinski definition) is 4. The number of esters is 2. The molecule has 27 heavy (non-hydrogen) atoms. The summed E-state index contributed by atoms with van der Waals surface area (Å²) in [5, 5.41) is 0. The van der Waals surface area contributed by atoms with Gasteiger partial charge in [-0.2, -0.15) is 0 Å². The first-order valence-electron chi connectivity index (χ1n) is 10.7. The van der Waals surface area contributed by atoms with Crippen LogP contribution in [-0.2, 0) is 19.1 Å². The molecule has 2 rings (SSSR count). The maximum absolute atomic E-state index is 11.9. The number of carbonyl (C=O) groups excluding carboxylic acids is 2. The van der Waals surface area contributed by atoms with Crippen LogP contribution >= 0.6 is 0 Å². The molecule has 0 aromatic rings. The Kier molecular flexibility index (Phi) is 6.69. The molecule has 0 radical (unpaired) electrons. The Bertz CT molecular complexity index is 555. The Morgan fingerprint density at radius 1 is 1.11 bits per heavy atom. The van der Waals surface area contributed by atoms with Gasteiger partial charge in [-0.15, -0.1) is 0 Å². The first-order chi connectivity index (χ1) is 12.4. The molecule has 0 amide bonds. The molecule has 0 aromatic heterocycles. The molecule has 2 aliphatic carbocycles. The highest BCUT2D eigenvalue weighted by atomic mass is 16.6. The van der Waals surface area contributed by atoms with Crippen LogP contribution in [-0.4, -0.2) is 24.6 Å². The second kappa shape index (κ2) is 8.13. The van der Waals surface area contributed by atoms with Gasteiger partial charge in [-0.1, -0.05) is 34.1 Å². The summed E-state index contributed by atoms with van der Waals surface area (Å²) >= 11 is 0. The highest BCUT2D eigenvalue weighted by molar-refractivity contribution is 5.69. The van der Waals surface area contributed by atoms with Gasteiger partial charge >= 0.3 is 11.9 Å². The molecular weight excluding hydrogens is 340 g/mol. The summed E-state index contributed by atoms with van der Waals surface area (Å²) in [6.45, 7) is 13.1. The predicted molar refractivity (Wildman–Crippen MR) is 107 cm³/mol. The van der Waals surface area contributed by atoms with E-state index in [2.05, 4.69) is 34.6 Å². The highest BCUT2D eigenvalue weighted by Crippen LogP contribution is 2.63. The van der Waals surface area contributed by atoms with Gasteiger partial charge in [0.1, 0.15) is 5.60 Å². The van der Waals surface area contributed by atoms with Crippen LogP contribution in [0, 0.1) is 28.6 Å². The van der Waals surface area contributed by atoms with Gasteiger partial charge in [0.2, 0.25) is 0 Å². The van der Waals surface area contributed by atoms with Crippen molar-refractivity contribution in [2.24, 2.45) is 28.6 Å². The topological polar surface area (TPSA) is 52.6 Å². The van der Waals surface area contributed by atoms with Crippen molar-refractivity contribution in [2.75, 3.05) is 7.11 Å². The van der Waals surface area contributed by atoms with Gasteiger partial charge in [-0.3, -0.25) is 9.59 Å². The molecular formula is C23H40O4. The first kappa shape index (κ1) is 22.2. The second-order valence-corrected chi connectivity index (χ2v) is 10.4. The van der Waals surface area contributed by atoms with E-state index in [9.17, 15) is 9.59 Å². The molecule has 0 N–H and O–H groups in total. The fraction of sp³-hybridized carbons (Fsp3) is 0.913. The summed E-state index contributed by atoms with van der Waals surface area (Å²) in [7, 11) is 1.45. The Balaban J connectivity index is 2.26. The van der Waals surface area contributed by atoms with Crippen molar-refractivity contribution >= 4 is 11.9 Å². The fourth-order valence-electron chi connectivity index (χ4n) is 6.61. The molecule has 4 heteroatoms. The van der Waals surface area contributed by atoms with Crippen LogP contribution in [0.5, 0.6) is 0 Å². The minimum atomic E-state index is -0.407. The molecule has 0 spiro atoms. The van der Waals surface area contributed by atoms with Crippen molar-refractivity contribution in [3.8, 4) is 0 Å². The molecule has 0 aliphatic heterocycles. The number of hydrogen-bond donors (Lipinski definition) is 0. The Labute approximate surface area is 165 Å². The zero-order valence-corrected chi connectivity index (χ0v) is 18.5. The number of rotatable bonds is 6. The van der Waals surface area contributed by atoms with E-state index in [1.54, 1.807) is 0 Å². The van der Waals surface area contributed by atoms with Crippen LogP contribution in [0.2, 0.25) is 0 Å². The fourth-order valence-corrected chi connectivity index (χ4v) is 6.61. The lowest BCUT2D eigenvalue weighted by molar-refractivity contribution is -0.199. The molecule has 0 bridgehead atoms. The predicted octanol–water partition coefficient (Wildman–Crippen LogP) is 5.53. The van der Waals surface area contributed by atoms with Crippen LogP contribution < -0.4 is 0 Å². The second-order valence-electron chi connectivity index (χ2n) is 10.4. The molecule has 2 fully saturated rings. The molecule has 0 saturated heterocycles. The Morgan fingerprint density at radius 3 is 2.37 bits per heavy atom. The standard InChI is InChI=1S/C23H40O4/c1-16(15-20(25)26-7)9-10-19-22(5)13-8-12-21(3,4)18(22)11-14-23(19,6)27-17(2)24/h16,18-19H,8-15H2,1-7H3. The van der Waals surface area contributed by atoms with Crippen molar-refractivity contribution in [3.05, 3.63) is 0 Å². The van der Waals surface area contributed by atoms with Gasteiger partial charge in [-0.05, 0) is 68.1 Å². The van der Waals surface area contributed by atoms with E-state index < -0.39 is 5.60 Å². The van der Waals surface area contributed by atoms with Crippen molar-refractivity contribution in [1.29, 1.82) is 0 Å². The zero-order chi connectivity index (χ0) is 20.5. The molecule has 2 saturated carbocycles. The van der Waals surface area contributed by atoms with Crippen molar-refractivity contribution in [1.82, 2.24) is 0 Å². The van der Waals surface area contributed by atoms with Crippen molar-refractivity contribution in [2.45, 2.75) is 98.5 Å². The minimum absolute atomic E-state index is 0.142. The quantitative estimate of drug-likeness (QED) is 0.569. The summed E-state index contributed by atoms with van der Waals surface area (Å²) < 4.78 is 10.8. The molecule has 5 unspecified atom stereocenters. The lowest BCUT2D eigenvalue weighted by atomic mass is 9.45. The summed E-state index contributed by atoms with van der Waals surface area (Å²) in [5.41, 5.74) is 0.102. The average molecular weight is 381 g/mol. The average Bonchev–Trinajstić information content (AvgIpc) is 2.52. The van der Waals surface area contributed by atoms with Crippen LogP contribution in [0.4, 0.5) is 0 Å². The summed E-state index contributed by atoms with van der Waals surface area (Å²) in [4.78, 5) is 23.5. The maximum atomic E-state index is 11.9. The van der Waals surface area contributed by atoms with Gasteiger partial charge in [0, 0.05) is 19.3 Å². The number of carbonyl (C=O) groups is 2. The third kappa shape index (κ3) is 4.68. The zero-order valence-electron chi connectivity index (χ0n) is 18.5. The number of ether oxygens (including phenoxy) is 2. The first-order valence-corrected chi connectivity index (χ1v) is 10.7. The van der Waals surface area contributed by atoms with E-state index in [1.165, 1.54) is 33.3 Å². The third-order valence-corrected chi connectivity index (χ3v) is 7.81. The van der Waals surface area contributed by atoms with Crippen LogP contribution in [0.25, 0.3) is 0 Å². The van der Waals surface area contributed by atoms with E-state index in [4.69, 9.17) is 9.47 Å². The van der Waals surface area contributed by atoms with Crippen molar-refractivity contribution in [3.63, 3.8) is 0 Å². The van der Waals surface area contributed by atoms with E-state index in [1.807, 2.05) is 0 Å². The normalized spacial score (nSPS) is 36.4. The SMILES string of the molecule is COC(=O)CC(C)CCC1C(C)(OC(C)=O)CCC2C(C)(C)CCCC21C. The van der Waals surface area contributed by atoms with Gasteiger partial charge < -0.3 is 9.47 Å². The number of methoxy groups -OCH3 is 1. The van der Waals surface area contributed by atoms with Gasteiger partial charge in [0.25, 0.3) is 0 Å². The molecule has 156 valence electrons. The van der Waals surface area contributed by atoms with Crippen LogP contribution in [0.1, 0.15) is 92.9 Å². The lowest BCUT2D eigenvalue weighted by Crippen LogP contribution is -2.58. The minimum Gasteiger partial charge on any atom is -0.469 e. The monoisotopic (exact) mass is 380 g/mol. The van der Waals surface area contributed by atoms with Gasteiger partial charge in [0.05, 0.1) is 7.11 Å². The highest BCUT2D eigenvalue weighted by Gasteiger charge is 2.59. The maximum Gasteiger partial charge on any atom is 0.305 e. The van der Waals surface area contributed by atoms with E-state index >= 15 is 0 Å². The molecule has 2 aliphatic rings. The molecule has 5 atom stereocenters.